The molecular formula is C18H23N5O. The van der Waals surface area contributed by atoms with Gasteiger partial charge in [-0.1, -0.05) is 12.1 Å². The first-order valence-electron chi connectivity index (χ1n) is 8.10. The summed E-state index contributed by atoms with van der Waals surface area (Å²) in [5.74, 6) is 1.67. The second-order valence-electron chi connectivity index (χ2n) is 6.39. The second kappa shape index (κ2) is 6.47. The molecule has 0 spiro atoms. The SMILES string of the molecule is Cc1cccc(NC(=O)N2CCc3nc(C)nc(N(C)C)c3C2)c1. The number of carbonyl (C=O) groups excluding carboxylic acids is 1. The molecule has 1 aromatic heterocycles. The first kappa shape index (κ1) is 16.2. The third-order valence-corrected chi connectivity index (χ3v) is 4.13. The van der Waals surface area contributed by atoms with Gasteiger partial charge in [0.05, 0.1) is 12.2 Å². The second-order valence-corrected chi connectivity index (χ2v) is 6.39. The van der Waals surface area contributed by atoms with Crippen LogP contribution in [-0.2, 0) is 13.0 Å². The normalized spacial score (nSPS) is 13.4. The Bertz CT molecular complexity index is 772. The highest BCUT2D eigenvalue weighted by Gasteiger charge is 2.25. The van der Waals surface area contributed by atoms with E-state index in [2.05, 4.69) is 15.3 Å². The molecule has 6 nitrogen and oxygen atoms in total. The monoisotopic (exact) mass is 325 g/mol. The lowest BCUT2D eigenvalue weighted by Crippen LogP contribution is -2.40. The van der Waals surface area contributed by atoms with Crippen molar-refractivity contribution in [2.24, 2.45) is 0 Å². The molecule has 126 valence electrons. The van der Waals surface area contributed by atoms with Gasteiger partial charge < -0.3 is 15.1 Å². The molecular weight excluding hydrogens is 302 g/mol. The van der Waals surface area contributed by atoms with E-state index >= 15 is 0 Å². The molecule has 1 N–H and O–H groups in total. The molecule has 1 aliphatic rings. The van der Waals surface area contributed by atoms with E-state index in [1.54, 1.807) is 0 Å². The van der Waals surface area contributed by atoms with Crippen LogP contribution in [-0.4, -0.2) is 41.5 Å². The molecule has 0 unspecified atom stereocenters. The Morgan fingerprint density at radius 1 is 1.25 bits per heavy atom. The third kappa shape index (κ3) is 3.32. The highest BCUT2D eigenvalue weighted by molar-refractivity contribution is 5.89. The minimum Gasteiger partial charge on any atom is -0.362 e. The fourth-order valence-electron chi connectivity index (χ4n) is 2.99. The van der Waals surface area contributed by atoms with Crippen LogP contribution in [0.1, 0.15) is 22.6 Å². The fraction of sp³-hybridized carbons (Fsp3) is 0.389. The number of urea groups is 1. The van der Waals surface area contributed by atoms with Gasteiger partial charge in [-0.2, -0.15) is 0 Å². The van der Waals surface area contributed by atoms with Crippen molar-refractivity contribution in [3.8, 4) is 0 Å². The quantitative estimate of drug-likeness (QED) is 0.922. The summed E-state index contributed by atoms with van der Waals surface area (Å²) in [4.78, 5) is 25.5. The third-order valence-electron chi connectivity index (χ3n) is 4.13. The lowest BCUT2D eigenvalue weighted by Gasteiger charge is -2.31. The summed E-state index contributed by atoms with van der Waals surface area (Å²) in [5.41, 5.74) is 4.02. The topological polar surface area (TPSA) is 61.4 Å². The van der Waals surface area contributed by atoms with Crippen molar-refractivity contribution in [2.75, 3.05) is 30.9 Å². The number of carbonyl (C=O) groups is 1. The summed E-state index contributed by atoms with van der Waals surface area (Å²) in [7, 11) is 3.93. The molecule has 0 radical (unpaired) electrons. The maximum absolute atomic E-state index is 12.6. The number of fused-ring (bicyclic) bond motifs is 1. The molecule has 0 bridgehead atoms. The first-order chi connectivity index (χ1) is 11.4. The minimum absolute atomic E-state index is 0.0865. The van der Waals surface area contributed by atoms with E-state index in [4.69, 9.17) is 0 Å². The molecule has 2 heterocycles. The van der Waals surface area contributed by atoms with E-state index in [1.165, 1.54) is 0 Å². The summed E-state index contributed by atoms with van der Waals surface area (Å²) in [6.07, 6.45) is 0.751. The van der Waals surface area contributed by atoms with Crippen molar-refractivity contribution in [2.45, 2.75) is 26.8 Å². The van der Waals surface area contributed by atoms with E-state index in [1.807, 2.05) is 62.0 Å². The van der Waals surface area contributed by atoms with Crippen LogP contribution in [0.5, 0.6) is 0 Å². The first-order valence-corrected chi connectivity index (χ1v) is 8.10. The highest BCUT2D eigenvalue weighted by atomic mass is 16.2. The van der Waals surface area contributed by atoms with Crippen molar-refractivity contribution >= 4 is 17.5 Å². The van der Waals surface area contributed by atoms with Gasteiger partial charge in [-0.05, 0) is 31.5 Å². The lowest BCUT2D eigenvalue weighted by atomic mass is 10.1. The van der Waals surface area contributed by atoms with E-state index < -0.39 is 0 Å². The van der Waals surface area contributed by atoms with E-state index in [-0.39, 0.29) is 6.03 Å². The zero-order chi connectivity index (χ0) is 17.3. The lowest BCUT2D eigenvalue weighted by molar-refractivity contribution is 0.206. The van der Waals surface area contributed by atoms with Crippen LogP contribution in [0, 0.1) is 13.8 Å². The van der Waals surface area contributed by atoms with Crippen LogP contribution < -0.4 is 10.2 Å². The number of nitrogens with zero attached hydrogens (tertiary/aromatic N) is 4. The van der Waals surface area contributed by atoms with Gasteiger partial charge in [0.25, 0.3) is 0 Å². The van der Waals surface area contributed by atoms with E-state index in [0.717, 1.165) is 40.6 Å². The summed E-state index contributed by atoms with van der Waals surface area (Å²) < 4.78 is 0. The van der Waals surface area contributed by atoms with Gasteiger partial charge >= 0.3 is 6.03 Å². The summed E-state index contributed by atoms with van der Waals surface area (Å²) in [6.45, 7) is 5.11. The van der Waals surface area contributed by atoms with Crippen LogP contribution in [0.4, 0.5) is 16.3 Å². The van der Waals surface area contributed by atoms with Crippen molar-refractivity contribution in [1.82, 2.24) is 14.9 Å². The van der Waals surface area contributed by atoms with Gasteiger partial charge in [0, 0.05) is 38.3 Å². The molecule has 2 amide bonds. The van der Waals surface area contributed by atoms with Crippen molar-refractivity contribution in [1.29, 1.82) is 0 Å². The number of anilines is 2. The number of nitrogens with one attached hydrogen (secondary N) is 1. The Kier molecular flexibility index (Phi) is 4.38. The van der Waals surface area contributed by atoms with Crippen LogP contribution in [0.3, 0.4) is 0 Å². The Balaban J connectivity index is 1.80. The van der Waals surface area contributed by atoms with Gasteiger partial charge in [0.15, 0.2) is 0 Å². The number of hydrogen-bond acceptors (Lipinski definition) is 4. The Hall–Kier alpha value is -2.63. The Morgan fingerprint density at radius 2 is 2.04 bits per heavy atom. The molecule has 1 aliphatic heterocycles. The maximum atomic E-state index is 12.6. The molecule has 3 rings (SSSR count). The molecule has 0 saturated carbocycles. The van der Waals surface area contributed by atoms with Gasteiger partial charge in [0.2, 0.25) is 0 Å². The van der Waals surface area contributed by atoms with E-state index in [0.29, 0.717) is 13.1 Å². The molecule has 0 saturated heterocycles. The van der Waals surface area contributed by atoms with Crippen LogP contribution in [0.15, 0.2) is 24.3 Å². The van der Waals surface area contributed by atoms with Gasteiger partial charge in [-0.3, -0.25) is 0 Å². The standard InChI is InChI=1S/C18H23N5O/c1-12-6-5-7-14(10-12)21-18(24)23-9-8-16-15(11-23)17(22(3)4)20-13(2)19-16/h5-7,10H,8-9,11H2,1-4H3,(H,21,24). The van der Waals surface area contributed by atoms with Gasteiger partial charge in [-0.25, -0.2) is 14.8 Å². The predicted molar refractivity (Wildman–Crippen MR) is 95.4 cm³/mol. The number of hydrogen-bond donors (Lipinski definition) is 1. The molecule has 0 aliphatic carbocycles. The van der Waals surface area contributed by atoms with Crippen LogP contribution in [0.25, 0.3) is 0 Å². The maximum Gasteiger partial charge on any atom is 0.322 e. The van der Waals surface area contributed by atoms with Crippen molar-refractivity contribution in [3.05, 3.63) is 46.9 Å². The molecule has 2 aromatic rings. The summed E-state index contributed by atoms with van der Waals surface area (Å²) in [6, 6.07) is 7.73. The van der Waals surface area contributed by atoms with E-state index in [9.17, 15) is 4.79 Å². The van der Waals surface area contributed by atoms with Crippen LogP contribution in [0.2, 0.25) is 0 Å². The number of benzene rings is 1. The average Bonchev–Trinajstić information content (AvgIpc) is 2.53. The zero-order valence-electron chi connectivity index (χ0n) is 14.6. The number of aryl methyl sites for hydroxylation is 2. The van der Waals surface area contributed by atoms with Gasteiger partial charge in [0.1, 0.15) is 11.6 Å². The average molecular weight is 325 g/mol. The molecule has 6 heteroatoms. The fourth-order valence-corrected chi connectivity index (χ4v) is 2.99. The molecule has 1 aromatic carbocycles. The largest absolute Gasteiger partial charge is 0.362 e. The smallest absolute Gasteiger partial charge is 0.322 e. The summed E-state index contributed by atoms with van der Waals surface area (Å²) in [5, 5.41) is 2.98. The van der Waals surface area contributed by atoms with Crippen LogP contribution >= 0.6 is 0 Å². The molecule has 0 fully saturated rings. The van der Waals surface area contributed by atoms with Crippen molar-refractivity contribution < 1.29 is 4.79 Å². The Morgan fingerprint density at radius 3 is 2.75 bits per heavy atom. The molecule has 0 atom stereocenters. The minimum atomic E-state index is -0.0865. The molecule has 24 heavy (non-hydrogen) atoms. The highest BCUT2D eigenvalue weighted by Crippen LogP contribution is 2.26. The summed E-state index contributed by atoms with van der Waals surface area (Å²) >= 11 is 0. The Labute approximate surface area is 142 Å². The van der Waals surface area contributed by atoms with Gasteiger partial charge in [-0.15, -0.1) is 0 Å². The predicted octanol–water partition coefficient (Wildman–Crippen LogP) is 2.75. The number of amides is 2. The zero-order valence-corrected chi connectivity index (χ0v) is 14.6. The van der Waals surface area contributed by atoms with Crippen molar-refractivity contribution in [3.63, 3.8) is 0 Å². The number of aromatic nitrogens is 2. The number of rotatable bonds is 2.